The van der Waals surface area contributed by atoms with E-state index in [2.05, 4.69) is 32.7 Å². The Bertz CT molecular complexity index is 732. The smallest absolute Gasteiger partial charge is 0.227 e. The van der Waals surface area contributed by atoms with E-state index in [0.29, 0.717) is 11.0 Å². The topological polar surface area (TPSA) is 49.8 Å². The van der Waals surface area contributed by atoms with Crippen molar-refractivity contribution in [2.45, 2.75) is 6.54 Å². The highest BCUT2D eigenvalue weighted by Gasteiger charge is 2.03. The van der Waals surface area contributed by atoms with Crippen LogP contribution in [-0.4, -0.2) is 9.97 Å². The van der Waals surface area contributed by atoms with Crippen LogP contribution in [0.4, 0.5) is 17.3 Å². The summed E-state index contributed by atoms with van der Waals surface area (Å²) in [5.41, 5.74) is 2.95. The first-order valence-corrected chi connectivity index (χ1v) is 7.30. The van der Waals surface area contributed by atoms with Crippen molar-refractivity contribution in [2.75, 3.05) is 10.6 Å². The molecule has 0 amide bonds. The van der Waals surface area contributed by atoms with E-state index >= 15 is 0 Å². The lowest BCUT2D eigenvalue weighted by molar-refractivity contribution is 1.15. The molecule has 110 valence electrons. The second-order valence-electron chi connectivity index (χ2n) is 4.73. The van der Waals surface area contributed by atoms with Crippen molar-refractivity contribution in [3.8, 4) is 0 Å². The van der Waals surface area contributed by atoms with E-state index in [0.717, 1.165) is 17.9 Å². The predicted octanol–water partition coefficient (Wildman–Crippen LogP) is 4.49. The van der Waals surface area contributed by atoms with Gasteiger partial charge in [-0.2, -0.15) is 0 Å². The van der Waals surface area contributed by atoms with Crippen LogP contribution in [0.15, 0.2) is 67.0 Å². The molecule has 5 heteroatoms. The summed E-state index contributed by atoms with van der Waals surface area (Å²) in [4.78, 5) is 8.24. The van der Waals surface area contributed by atoms with Crippen LogP contribution in [0.3, 0.4) is 0 Å². The maximum atomic E-state index is 6.32. The zero-order chi connectivity index (χ0) is 15.2. The van der Waals surface area contributed by atoms with Crippen LogP contribution in [0.25, 0.3) is 0 Å². The van der Waals surface area contributed by atoms with E-state index in [9.17, 15) is 0 Å². The van der Waals surface area contributed by atoms with Crippen molar-refractivity contribution in [2.24, 2.45) is 0 Å². The van der Waals surface area contributed by atoms with Crippen molar-refractivity contribution in [1.82, 2.24) is 9.97 Å². The molecule has 3 rings (SSSR count). The monoisotopic (exact) mass is 310 g/mol. The van der Waals surface area contributed by atoms with Crippen LogP contribution in [0.5, 0.6) is 0 Å². The number of benzene rings is 2. The molecule has 0 aliphatic carbocycles. The fourth-order valence-corrected chi connectivity index (χ4v) is 2.27. The molecule has 4 nitrogen and oxygen atoms in total. The number of hydrogen-bond acceptors (Lipinski definition) is 4. The molecule has 0 bridgehead atoms. The molecule has 0 saturated carbocycles. The van der Waals surface area contributed by atoms with Gasteiger partial charge in [0.05, 0.1) is 10.7 Å². The van der Waals surface area contributed by atoms with Crippen LogP contribution >= 0.6 is 11.6 Å². The number of hydrogen-bond donors (Lipinski definition) is 2. The Kier molecular flexibility index (Phi) is 4.51. The Morgan fingerprint density at radius 1 is 0.909 bits per heavy atom. The molecule has 1 heterocycles. The quantitative estimate of drug-likeness (QED) is 0.729. The Morgan fingerprint density at radius 2 is 1.68 bits per heavy atom. The Morgan fingerprint density at radius 3 is 2.41 bits per heavy atom. The van der Waals surface area contributed by atoms with E-state index < -0.39 is 0 Å². The van der Waals surface area contributed by atoms with Gasteiger partial charge in [0.2, 0.25) is 5.95 Å². The number of nitrogens with zero attached hydrogens (tertiary/aromatic N) is 2. The maximum absolute atomic E-state index is 6.32. The van der Waals surface area contributed by atoms with Gasteiger partial charge in [-0.15, -0.1) is 0 Å². The van der Waals surface area contributed by atoms with Gasteiger partial charge in [0.25, 0.3) is 0 Å². The molecule has 0 aliphatic heterocycles. The van der Waals surface area contributed by atoms with Gasteiger partial charge in [0.15, 0.2) is 0 Å². The molecule has 0 saturated heterocycles. The Hall–Kier alpha value is -2.59. The molecule has 2 N–H and O–H groups in total. The third-order valence-corrected chi connectivity index (χ3v) is 3.43. The van der Waals surface area contributed by atoms with Crippen LogP contribution in [0.1, 0.15) is 5.56 Å². The third kappa shape index (κ3) is 3.74. The van der Waals surface area contributed by atoms with Gasteiger partial charge < -0.3 is 10.6 Å². The van der Waals surface area contributed by atoms with E-state index in [1.807, 2.05) is 36.4 Å². The van der Waals surface area contributed by atoms with Gasteiger partial charge in [-0.25, -0.2) is 9.97 Å². The first-order chi connectivity index (χ1) is 10.8. The molecule has 22 heavy (non-hydrogen) atoms. The van der Waals surface area contributed by atoms with Crippen molar-refractivity contribution in [3.63, 3.8) is 0 Å². The van der Waals surface area contributed by atoms with E-state index in [1.165, 1.54) is 5.56 Å². The molecule has 0 spiro atoms. The van der Waals surface area contributed by atoms with Crippen molar-refractivity contribution in [3.05, 3.63) is 77.6 Å². The fraction of sp³-hybridized carbons (Fsp3) is 0.0588. The Labute approximate surface area is 134 Å². The summed E-state index contributed by atoms with van der Waals surface area (Å²) in [6.45, 7) is 0.731. The van der Waals surface area contributed by atoms with Crippen molar-refractivity contribution < 1.29 is 0 Å². The molecule has 0 fully saturated rings. The molecule has 0 radical (unpaired) electrons. The molecule has 0 aliphatic rings. The normalized spacial score (nSPS) is 10.2. The first-order valence-electron chi connectivity index (χ1n) is 6.93. The standard InChI is InChI=1S/C17H15ClN4/c18-15-11-14(22-17-19-9-4-10-20-17)7-8-16(15)21-12-13-5-2-1-3-6-13/h1-11,21H,12H2,(H,19,20,22). The highest BCUT2D eigenvalue weighted by molar-refractivity contribution is 6.33. The van der Waals surface area contributed by atoms with Gasteiger partial charge in [-0.05, 0) is 29.8 Å². The molecular formula is C17H15ClN4. The maximum Gasteiger partial charge on any atom is 0.227 e. The van der Waals surface area contributed by atoms with Gasteiger partial charge in [-0.3, -0.25) is 0 Å². The number of anilines is 3. The van der Waals surface area contributed by atoms with E-state index in [-0.39, 0.29) is 0 Å². The average molecular weight is 311 g/mol. The van der Waals surface area contributed by atoms with Gasteiger partial charge >= 0.3 is 0 Å². The fourth-order valence-electron chi connectivity index (χ4n) is 2.02. The molecule has 3 aromatic rings. The Balaban J connectivity index is 1.67. The second kappa shape index (κ2) is 6.91. The predicted molar refractivity (Wildman–Crippen MR) is 90.5 cm³/mol. The summed E-state index contributed by atoms with van der Waals surface area (Å²) in [7, 11) is 0. The summed E-state index contributed by atoms with van der Waals surface area (Å²) in [6.07, 6.45) is 3.37. The summed E-state index contributed by atoms with van der Waals surface area (Å²) >= 11 is 6.32. The lowest BCUT2D eigenvalue weighted by Gasteiger charge is -2.11. The minimum atomic E-state index is 0.545. The van der Waals surface area contributed by atoms with Gasteiger partial charge in [0, 0.05) is 24.6 Å². The number of nitrogens with one attached hydrogen (secondary N) is 2. The lowest BCUT2D eigenvalue weighted by atomic mass is 10.2. The zero-order valence-corrected chi connectivity index (χ0v) is 12.6. The lowest BCUT2D eigenvalue weighted by Crippen LogP contribution is -2.00. The average Bonchev–Trinajstić information content (AvgIpc) is 2.56. The third-order valence-electron chi connectivity index (χ3n) is 3.12. The summed E-state index contributed by atoms with van der Waals surface area (Å²) in [5.74, 6) is 0.545. The molecule has 2 aromatic carbocycles. The number of aromatic nitrogens is 2. The largest absolute Gasteiger partial charge is 0.380 e. The summed E-state index contributed by atoms with van der Waals surface area (Å²) in [6, 6.07) is 17.7. The van der Waals surface area contributed by atoms with Crippen LogP contribution in [0, 0.1) is 0 Å². The zero-order valence-electron chi connectivity index (χ0n) is 11.8. The van der Waals surface area contributed by atoms with E-state index in [1.54, 1.807) is 18.5 Å². The second-order valence-corrected chi connectivity index (χ2v) is 5.14. The van der Waals surface area contributed by atoms with Gasteiger partial charge in [-0.1, -0.05) is 41.9 Å². The minimum absolute atomic E-state index is 0.545. The summed E-state index contributed by atoms with van der Waals surface area (Å²) in [5, 5.41) is 7.09. The highest BCUT2D eigenvalue weighted by Crippen LogP contribution is 2.27. The van der Waals surface area contributed by atoms with Crippen LogP contribution in [0.2, 0.25) is 5.02 Å². The summed E-state index contributed by atoms with van der Waals surface area (Å²) < 4.78 is 0. The highest BCUT2D eigenvalue weighted by atomic mass is 35.5. The van der Waals surface area contributed by atoms with Crippen LogP contribution in [-0.2, 0) is 6.54 Å². The SMILES string of the molecule is Clc1cc(Nc2ncccn2)ccc1NCc1ccccc1. The number of rotatable bonds is 5. The van der Waals surface area contributed by atoms with Crippen molar-refractivity contribution in [1.29, 1.82) is 0 Å². The molecular weight excluding hydrogens is 296 g/mol. The first kappa shape index (κ1) is 14.4. The van der Waals surface area contributed by atoms with E-state index in [4.69, 9.17) is 11.6 Å². The molecule has 0 atom stereocenters. The van der Waals surface area contributed by atoms with Crippen molar-refractivity contribution >= 4 is 28.9 Å². The minimum Gasteiger partial charge on any atom is -0.380 e. The van der Waals surface area contributed by atoms with Gasteiger partial charge in [0.1, 0.15) is 0 Å². The van der Waals surface area contributed by atoms with Crippen LogP contribution < -0.4 is 10.6 Å². The number of halogens is 1. The molecule has 0 unspecified atom stereocenters. The molecule has 1 aromatic heterocycles.